The Balaban J connectivity index is 1.91. The molecule has 1 aliphatic heterocycles. The van der Waals surface area contributed by atoms with Crippen molar-refractivity contribution in [1.29, 1.82) is 0 Å². The maximum Gasteiger partial charge on any atom is 0.0945 e. The van der Waals surface area contributed by atoms with Gasteiger partial charge in [0.1, 0.15) is 0 Å². The normalized spacial score (nSPS) is 18.0. The molecule has 4 heteroatoms. The molecule has 0 spiro atoms. The van der Waals surface area contributed by atoms with Crippen molar-refractivity contribution in [2.75, 3.05) is 11.8 Å². The number of anilines is 1. The van der Waals surface area contributed by atoms with Crippen LogP contribution in [0, 0.1) is 6.92 Å². The van der Waals surface area contributed by atoms with Gasteiger partial charge in [0.2, 0.25) is 0 Å². The molecule has 1 aliphatic rings. The van der Waals surface area contributed by atoms with Crippen molar-refractivity contribution in [1.82, 2.24) is 9.29 Å². The van der Waals surface area contributed by atoms with E-state index in [0.29, 0.717) is 0 Å². The molecular weight excluding hydrogens is 290 g/mol. The summed E-state index contributed by atoms with van der Waals surface area (Å²) < 4.78 is 5.70. The average Bonchev–Trinajstić information content (AvgIpc) is 2.55. The molecule has 0 amide bonds. The van der Waals surface area contributed by atoms with E-state index in [1.807, 2.05) is 12.3 Å². The highest BCUT2D eigenvalue weighted by molar-refractivity contribution is 7.98. The van der Waals surface area contributed by atoms with Crippen molar-refractivity contribution in [2.45, 2.75) is 13.0 Å². The Morgan fingerprint density at radius 2 is 1.91 bits per heavy atom. The van der Waals surface area contributed by atoms with Crippen molar-refractivity contribution >= 4 is 28.7 Å². The highest BCUT2D eigenvalue weighted by atomic mass is 32.2. The zero-order chi connectivity index (χ0) is 15.1. The SMILES string of the molecule is Cc1ccc(C2c3ccc4cccnc4c3NSN2C)cc1. The van der Waals surface area contributed by atoms with E-state index in [0.717, 1.165) is 11.2 Å². The third-order valence-corrected chi connectivity index (χ3v) is 4.94. The maximum absolute atomic E-state index is 4.57. The molecule has 22 heavy (non-hydrogen) atoms. The lowest BCUT2D eigenvalue weighted by Gasteiger charge is -2.34. The van der Waals surface area contributed by atoms with E-state index in [-0.39, 0.29) is 6.04 Å². The number of hydrogen-bond donors (Lipinski definition) is 1. The van der Waals surface area contributed by atoms with Crippen LogP contribution in [0.15, 0.2) is 54.7 Å². The smallest absolute Gasteiger partial charge is 0.0945 e. The fourth-order valence-electron chi connectivity index (χ4n) is 3.00. The second-order valence-electron chi connectivity index (χ2n) is 5.66. The van der Waals surface area contributed by atoms with E-state index in [4.69, 9.17) is 0 Å². The number of benzene rings is 2. The van der Waals surface area contributed by atoms with Crippen molar-refractivity contribution in [3.8, 4) is 0 Å². The maximum atomic E-state index is 4.57. The topological polar surface area (TPSA) is 28.2 Å². The zero-order valence-electron chi connectivity index (χ0n) is 12.6. The molecular formula is C18H17N3S. The molecule has 0 saturated carbocycles. The van der Waals surface area contributed by atoms with Crippen LogP contribution in [0.25, 0.3) is 10.9 Å². The summed E-state index contributed by atoms with van der Waals surface area (Å²) in [5.74, 6) is 0. The van der Waals surface area contributed by atoms with Crippen molar-refractivity contribution < 1.29 is 0 Å². The summed E-state index contributed by atoms with van der Waals surface area (Å²) in [5.41, 5.74) is 6.04. The quantitative estimate of drug-likeness (QED) is 0.667. The second kappa shape index (κ2) is 5.30. The van der Waals surface area contributed by atoms with E-state index in [9.17, 15) is 0 Å². The van der Waals surface area contributed by atoms with Gasteiger partial charge in [-0.15, -0.1) is 0 Å². The molecule has 1 N–H and O–H groups in total. The number of nitrogens with zero attached hydrogens (tertiary/aromatic N) is 2. The van der Waals surface area contributed by atoms with Gasteiger partial charge in [0.25, 0.3) is 0 Å². The van der Waals surface area contributed by atoms with Gasteiger partial charge in [-0.05, 0) is 18.6 Å². The van der Waals surface area contributed by atoms with Gasteiger partial charge in [-0.25, -0.2) is 4.31 Å². The molecule has 0 fully saturated rings. The van der Waals surface area contributed by atoms with Crippen molar-refractivity contribution in [3.63, 3.8) is 0 Å². The van der Waals surface area contributed by atoms with Gasteiger partial charge < -0.3 is 4.72 Å². The molecule has 3 aromatic rings. The Morgan fingerprint density at radius 1 is 1.09 bits per heavy atom. The second-order valence-corrected chi connectivity index (χ2v) is 6.62. The fourth-order valence-corrected chi connectivity index (χ4v) is 3.79. The van der Waals surface area contributed by atoms with Crippen LogP contribution >= 0.6 is 12.1 Å². The van der Waals surface area contributed by atoms with E-state index in [2.05, 4.69) is 70.4 Å². The minimum atomic E-state index is 0.230. The number of pyridine rings is 1. The first kappa shape index (κ1) is 13.6. The van der Waals surface area contributed by atoms with Crippen LogP contribution in [0.2, 0.25) is 0 Å². The van der Waals surface area contributed by atoms with Crippen LogP contribution < -0.4 is 4.72 Å². The Labute approximate surface area is 134 Å². The molecule has 0 bridgehead atoms. The molecule has 1 unspecified atom stereocenters. The first-order chi connectivity index (χ1) is 10.7. The summed E-state index contributed by atoms with van der Waals surface area (Å²) in [4.78, 5) is 4.57. The molecule has 1 aromatic heterocycles. The van der Waals surface area contributed by atoms with Crippen LogP contribution in [0.5, 0.6) is 0 Å². The first-order valence-electron chi connectivity index (χ1n) is 7.34. The standard InChI is InChI=1S/C18H17N3S/c1-12-5-7-14(8-6-12)18-15-10-9-13-4-3-11-19-16(13)17(15)20-22-21(18)2/h3-11,18,20H,1-2H3. The lowest BCUT2D eigenvalue weighted by molar-refractivity contribution is 0.479. The van der Waals surface area contributed by atoms with Gasteiger partial charge in [0.05, 0.1) is 17.2 Å². The minimum absolute atomic E-state index is 0.230. The third kappa shape index (κ3) is 2.16. The van der Waals surface area contributed by atoms with Crippen molar-refractivity contribution in [2.24, 2.45) is 0 Å². The highest BCUT2D eigenvalue weighted by Crippen LogP contribution is 2.43. The predicted molar refractivity (Wildman–Crippen MR) is 93.7 cm³/mol. The van der Waals surface area contributed by atoms with E-state index in [1.54, 1.807) is 12.1 Å². The first-order valence-corrected chi connectivity index (χ1v) is 8.11. The molecule has 110 valence electrons. The predicted octanol–water partition coefficient (Wildman–Crippen LogP) is 4.55. The van der Waals surface area contributed by atoms with Crippen molar-refractivity contribution in [3.05, 3.63) is 71.4 Å². The van der Waals surface area contributed by atoms with Gasteiger partial charge in [-0.3, -0.25) is 4.98 Å². The number of nitrogens with one attached hydrogen (secondary N) is 1. The molecule has 0 saturated heterocycles. The third-order valence-electron chi connectivity index (χ3n) is 4.15. The van der Waals surface area contributed by atoms with Crippen LogP contribution in [-0.4, -0.2) is 16.3 Å². The largest absolute Gasteiger partial charge is 0.314 e. The summed E-state index contributed by atoms with van der Waals surface area (Å²) in [5, 5.41) is 1.17. The van der Waals surface area contributed by atoms with Crippen LogP contribution in [-0.2, 0) is 0 Å². The zero-order valence-corrected chi connectivity index (χ0v) is 13.4. The fraction of sp³-hybridized carbons (Fsp3) is 0.167. The monoisotopic (exact) mass is 307 g/mol. The Bertz CT molecular complexity index is 829. The molecule has 0 radical (unpaired) electrons. The van der Waals surface area contributed by atoms with Crippen LogP contribution in [0.1, 0.15) is 22.7 Å². The molecule has 0 aliphatic carbocycles. The van der Waals surface area contributed by atoms with E-state index in [1.165, 1.54) is 22.1 Å². The molecule has 2 heterocycles. The van der Waals surface area contributed by atoms with Gasteiger partial charge >= 0.3 is 0 Å². The number of fused-ring (bicyclic) bond motifs is 3. The lowest BCUT2D eigenvalue weighted by Crippen LogP contribution is -2.26. The van der Waals surface area contributed by atoms with Gasteiger partial charge in [0.15, 0.2) is 0 Å². The molecule has 3 nitrogen and oxygen atoms in total. The van der Waals surface area contributed by atoms with Crippen LogP contribution in [0.4, 0.5) is 5.69 Å². The summed E-state index contributed by atoms with van der Waals surface area (Å²) >= 11 is 1.63. The number of aromatic nitrogens is 1. The molecule has 1 atom stereocenters. The lowest BCUT2D eigenvalue weighted by atomic mass is 9.95. The highest BCUT2D eigenvalue weighted by Gasteiger charge is 2.28. The minimum Gasteiger partial charge on any atom is -0.314 e. The molecule has 4 rings (SSSR count). The van der Waals surface area contributed by atoms with Crippen LogP contribution in [0.3, 0.4) is 0 Å². The number of rotatable bonds is 1. The van der Waals surface area contributed by atoms with E-state index >= 15 is 0 Å². The Hall–Kier alpha value is -2.04. The summed E-state index contributed by atoms with van der Waals surface area (Å²) in [6.07, 6.45) is 1.86. The summed E-state index contributed by atoms with van der Waals surface area (Å²) in [6.45, 7) is 2.12. The summed E-state index contributed by atoms with van der Waals surface area (Å²) in [7, 11) is 2.12. The van der Waals surface area contributed by atoms with Gasteiger partial charge in [-0.2, -0.15) is 0 Å². The average molecular weight is 307 g/mol. The van der Waals surface area contributed by atoms with Gasteiger partial charge in [-0.1, -0.05) is 48.0 Å². The number of aryl methyl sites for hydroxylation is 1. The number of hydrogen-bond acceptors (Lipinski definition) is 4. The summed E-state index contributed by atoms with van der Waals surface area (Å²) in [6, 6.07) is 17.5. The molecule has 2 aromatic carbocycles. The Kier molecular flexibility index (Phi) is 3.28. The Morgan fingerprint density at radius 3 is 2.73 bits per heavy atom. The van der Waals surface area contributed by atoms with E-state index < -0.39 is 0 Å². The van der Waals surface area contributed by atoms with Gasteiger partial charge in [0, 0.05) is 36.3 Å².